The maximum atomic E-state index is 5.86. The summed E-state index contributed by atoms with van der Waals surface area (Å²) in [6.07, 6.45) is 0. The average molecular weight is 246 g/mol. The molecule has 3 nitrogen and oxygen atoms in total. The predicted molar refractivity (Wildman–Crippen MR) is 71.2 cm³/mol. The second-order valence-corrected chi connectivity index (χ2v) is 4.16. The van der Waals surface area contributed by atoms with Crippen LogP contribution in [0.2, 0.25) is 5.02 Å². The van der Waals surface area contributed by atoms with Crippen LogP contribution in [-0.4, -0.2) is 0 Å². The summed E-state index contributed by atoms with van der Waals surface area (Å²) in [6.45, 7) is 1.95. The summed E-state index contributed by atoms with van der Waals surface area (Å²) in [7, 11) is 0. The summed E-state index contributed by atoms with van der Waals surface area (Å²) in [5.41, 5.74) is 8.92. The normalized spacial score (nSPS) is 10.9. The van der Waals surface area contributed by atoms with Gasteiger partial charge in [-0.15, -0.1) is 0 Å². The third kappa shape index (κ3) is 3.04. The zero-order valence-electron chi connectivity index (χ0n) is 9.39. The molecule has 0 aromatic heterocycles. The molecule has 0 atom stereocenters. The van der Waals surface area contributed by atoms with Gasteiger partial charge in [0.15, 0.2) is 0 Å². The highest BCUT2D eigenvalue weighted by Gasteiger charge is 1.97. The molecule has 0 unspecified atom stereocenters. The lowest BCUT2D eigenvalue weighted by Gasteiger charge is -2.00. The van der Waals surface area contributed by atoms with Gasteiger partial charge in [0.25, 0.3) is 0 Å². The van der Waals surface area contributed by atoms with Crippen LogP contribution in [0.3, 0.4) is 0 Å². The molecular weight excluding hydrogens is 234 g/mol. The fourth-order valence-electron chi connectivity index (χ4n) is 1.44. The van der Waals surface area contributed by atoms with Crippen LogP contribution in [-0.2, 0) is 0 Å². The van der Waals surface area contributed by atoms with Crippen molar-refractivity contribution in [3.63, 3.8) is 0 Å². The minimum absolute atomic E-state index is 0.649. The molecular formula is C13H12ClN3. The van der Waals surface area contributed by atoms with Gasteiger partial charge in [-0.05, 0) is 48.9 Å². The number of rotatable bonds is 2. The number of nitrogens with two attached hydrogens (primary N) is 1. The zero-order valence-corrected chi connectivity index (χ0v) is 10.1. The van der Waals surface area contributed by atoms with Crippen LogP contribution in [0, 0.1) is 6.92 Å². The smallest absolute Gasteiger partial charge is 0.0887 e. The van der Waals surface area contributed by atoms with Crippen LogP contribution in [0.1, 0.15) is 5.56 Å². The minimum Gasteiger partial charge on any atom is -0.399 e. The lowest BCUT2D eigenvalue weighted by Crippen LogP contribution is -1.84. The molecule has 0 fully saturated rings. The Balaban J connectivity index is 2.26. The van der Waals surface area contributed by atoms with E-state index in [2.05, 4.69) is 10.2 Å². The Bertz CT molecular complexity index is 564. The Morgan fingerprint density at radius 1 is 1.06 bits per heavy atom. The first-order valence-corrected chi connectivity index (χ1v) is 5.56. The van der Waals surface area contributed by atoms with Gasteiger partial charge in [-0.3, -0.25) is 0 Å². The Hall–Kier alpha value is -1.87. The summed E-state index contributed by atoms with van der Waals surface area (Å²) in [5.74, 6) is 0. The van der Waals surface area contributed by atoms with Crippen LogP contribution in [0.4, 0.5) is 17.1 Å². The van der Waals surface area contributed by atoms with Gasteiger partial charge in [0.1, 0.15) is 0 Å². The summed E-state index contributed by atoms with van der Waals surface area (Å²) >= 11 is 5.86. The maximum Gasteiger partial charge on any atom is 0.0887 e. The van der Waals surface area contributed by atoms with E-state index in [0.29, 0.717) is 5.02 Å². The summed E-state index contributed by atoms with van der Waals surface area (Å²) in [4.78, 5) is 0. The number of anilines is 1. The van der Waals surface area contributed by atoms with E-state index in [-0.39, 0.29) is 0 Å². The van der Waals surface area contributed by atoms with Gasteiger partial charge >= 0.3 is 0 Å². The molecule has 0 aliphatic rings. The van der Waals surface area contributed by atoms with Crippen LogP contribution in [0.25, 0.3) is 0 Å². The van der Waals surface area contributed by atoms with Crippen molar-refractivity contribution in [3.8, 4) is 0 Å². The molecule has 0 heterocycles. The second kappa shape index (κ2) is 4.97. The van der Waals surface area contributed by atoms with Crippen molar-refractivity contribution in [1.82, 2.24) is 0 Å². The number of nitrogen functional groups attached to an aromatic ring is 1. The monoisotopic (exact) mass is 245 g/mol. The number of nitrogens with zero attached hydrogens (tertiary/aromatic N) is 2. The van der Waals surface area contributed by atoms with Crippen molar-refractivity contribution in [2.24, 2.45) is 10.2 Å². The number of azo groups is 1. The largest absolute Gasteiger partial charge is 0.399 e. The predicted octanol–water partition coefficient (Wildman–Crippen LogP) is 4.65. The molecule has 0 saturated carbocycles. The van der Waals surface area contributed by atoms with Crippen molar-refractivity contribution in [2.45, 2.75) is 6.92 Å². The quantitative estimate of drug-likeness (QED) is 0.608. The number of halogens is 1. The van der Waals surface area contributed by atoms with Crippen molar-refractivity contribution in [1.29, 1.82) is 0 Å². The highest BCUT2D eigenvalue weighted by Crippen LogP contribution is 2.24. The van der Waals surface area contributed by atoms with Gasteiger partial charge in [0.2, 0.25) is 0 Å². The number of hydrogen-bond donors (Lipinski definition) is 1. The third-order valence-electron chi connectivity index (χ3n) is 2.30. The van der Waals surface area contributed by atoms with E-state index < -0.39 is 0 Å². The molecule has 4 heteroatoms. The molecule has 0 bridgehead atoms. The topological polar surface area (TPSA) is 50.7 Å². The van der Waals surface area contributed by atoms with Crippen molar-refractivity contribution in [2.75, 3.05) is 5.73 Å². The van der Waals surface area contributed by atoms with Crippen molar-refractivity contribution >= 4 is 28.7 Å². The van der Waals surface area contributed by atoms with E-state index in [1.54, 1.807) is 18.2 Å². The van der Waals surface area contributed by atoms with Gasteiger partial charge in [-0.25, -0.2) is 0 Å². The molecule has 2 N–H and O–H groups in total. The standard InChI is InChI=1S/C13H12ClN3/c1-9-7-11(15)5-6-13(9)17-16-12-4-2-3-10(14)8-12/h2-8H,15H2,1H3. The van der Waals surface area contributed by atoms with Crippen LogP contribution < -0.4 is 5.73 Å². The fraction of sp³-hybridized carbons (Fsp3) is 0.0769. The van der Waals surface area contributed by atoms with Crippen LogP contribution in [0.5, 0.6) is 0 Å². The van der Waals surface area contributed by atoms with E-state index >= 15 is 0 Å². The van der Waals surface area contributed by atoms with Crippen molar-refractivity contribution in [3.05, 3.63) is 53.1 Å². The van der Waals surface area contributed by atoms with Gasteiger partial charge < -0.3 is 5.73 Å². The first-order chi connectivity index (χ1) is 8.15. The molecule has 86 valence electrons. The summed E-state index contributed by atoms with van der Waals surface area (Å²) in [5, 5.41) is 8.95. The van der Waals surface area contributed by atoms with E-state index in [1.807, 2.05) is 31.2 Å². The molecule has 0 saturated heterocycles. The number of benzene rings is 2. The van der Waals surface area contributed by atoms with Gasteiger partial charge in [0.05, 0.1) is 11.4 Å². The van der Waals surface area contributed by atoms with Crippen molar-refractivity contribution < 1.29 is 0 Å². The van der Waals surface area contributed by atoms with E-state index in [9.17, 15) is 0 Å². The Labute approximate surface area is 105 Å². The van der Waals surface area contributed by atoms with Gasteiger partial charge in [-0.1, -0.05) is 17.7 Å². The minimum atomic E-state index is 0.649. The Morgan fingerprint density at radius 2 is 1.88 bits per heavy atom. The molecule has 0 radical (unpaired) electrons. The average Bonchev–Trinajstić information content (AvgIpc) is 2.28. The zero-order chi connectivity index (χ0) is 12.3. The molecule has 0 amide bonds. The Kier molecular flexibility index (Phi) is 3.40. The fourth-order valence-corrected chi connectivity index (χ4v) is 1.63. The molecule has 2 aromatic carbocycles. The van der Waals surface area contributed by atoms with Crippen LogP contribution in [0.15, 0.2) is 52.7 Å². The van der Waals surface area contributed by atoms with Gasteiger partial charge in [0, 0.05) is 10.7 Å². The summed E-state index contributed by atoms with van der Waals surface area (Å²) < 4.78 is 0. The molecule has 0 aliphatic carbocycles. The molecule has 17 heavy (non-hydrogen) atoms. The first kappa shape index (κ1) is 11.6. The second-order valence-electron chi connectivity index (χ2n) is 3.73. The lowest BCUT2D eigenvalue weighted by molar-refractivity contribution is 1.21. The van der Waals surface area contributed by atoms with Gasteiger partial charge in [-0.2, -0.15) is 10.2 Å². The number of aryl methyl sites for hydroxylation is 1. The highest BCUT2D eigenvalue weighted by atomic mass is 35.5. The number of hydrogen-bond acceptors (Lipinski definition) is 3. The Morgan fingerprint density at radius 3 is 2.59 bits per heavy atom. The summed E-state index contributed by atoms with van der Waals surface area (Å²) in [6, 6.07) is 12.8. The van der Waals surface area contributed by atoms with E-state index in [4.69, 9.17) is 17.3 Å². The lowest BCUT2D eigenvalue weighted by atomic mass is 10.2. The molecule has 0 aliphatic heterocycles. The van der Waals surface area contributed by atoms with Crippen LogP contribution >= 0.6 is 11.6 Å². The SMILES string of the molecule is Cc1cc(N)ccc1N=Nc1cccc(Cl)c1. The highest BCUT2D eigenvalue weighted by molar-refractivity contribution is 6.30. The van der Waals surface area contributed by atoms with E-state index in [0.717, 1.165) is 22.6 Å². The molecule has 0 spiro atoms. The first-order valence-electron chi connectivity index (χ1n) is 5.18. The van der Waals surface area contributed by atoms with E-state index in [1.165, 1.54) is 0 Å². The molecule has 2 rings (SSSR count). The maximum absolute atomic E-state index is 5.86. The molecule has 2 aromatic rings. The third-order valence-corrected chi connectivity index (χ3v) is 2.54.